The minimum atomic E-state index is 0.642. The molecule has 5 rings (SSSR count). The minimum Gasteiger partial charge on any atom is -0.495 e. The predicted octanol–water partition coefficient (Wildman–Crippen LogP) is 4.16. The summed E-state index contributed by atoms with van der Waals surface area (Å²) in [5.41, 5.74) is 6.91. The molecule has 2 aromatic heterocycles. The summed E-state index contributed by atoms with van der Waals surface area (Å²) < 4.78 is 12.8. The van der Waals surface area contributed by atoms with Crippen molar-refractivity contribution in [1.82, 2.24) is 14.4 Å². The molecule has 0 saturated carbocycles. The fraction of sp³-hybridized carbons (Fsp3) is 0.240. The molecule has 0 bridgehead atoms. The third-order valence-corrected chi connectivity index (χ3v) is 5.79. The summed E-state index contributed by atoms with van der Waals surface area (Å²) >= 11 is 0. The lowest BCUT2D eigenvalue weighted by molar-refractivity contribution is 0.206. The number of likely N-dealkylation sites (N-methyl/N-ethyl adjacent to an activating group) is 1. The molecule has 168 valence electrons. The number of benzene rings is 2. The smallest absolute Gasteiger partial charge is 0.180 e. The van der Waals surface area contributed by atoms with Gasteiger partial charge in [-0.05, 0) is 29.3 Å². The lowest BCUT2D eigenvalue weighted by Crippen LogP contribution is -2.22. The Morgan fingerprint density at radius 1 is 1.15 bits per heavy atom. The molecule has 3 heterocycles. The molecule has 1 N–H and O–H groups in total. The Morgan fingerprint density at radius 3 is 2.91 bits per heavy atom. The second-order valence-corrected chi connectivity index (χ2v) is 7.94. The molecular formula is C25H26N6O2. The topological polar surface area (TPSA) is 76.3 Å². The Labute approximate surface area is 192 Å². The van der Waals surface area contributed by atoms with Crippen LogP contribution in [0.4, 0.5) is 17.2 Å². The Balaban J connectivity index is 1.48. The number of methoxy groups -OCH3 is 2. The van der Waals surface area contributed by atoms with Crippen LogP contribution in [-0.2, 0) is 11.3 Å². The summed E-state index contributed by atoms with van der Waals surface area (Å²) in [4.78, 5) is 15.9. The second kappa shape index (κ2) is 8.91. The molecular weight excluding hydrogens is 416 g/mol. The van der Waals surface area contributed by atoms with Gasteiger partial charge in [0.2, 0.25) is 0 Å². The largest absolute Gasteiger partial charge is 0.495 e. The van der Waals surface area contributed by atoms with Crippen LogP contribution in [0.1, 0.15) is 11.1 Å². The monoisotopic (exact) mass is 442 g/mol. The summed E-state index contributed by atoms with van der Waals surface area (Å²) in [5, 5.41) is 3.44. The number of rotatable bonds is 8. The van der Waals surface area contributed by atoms with E-state index in [4.69, 9.17) is 14.5 Å². The van der Waals surface area contributed by atoms with Gasteiger partial charge >= 0.3 is 0 Å². The van der Waals surface area contributed by atoms with Crippen molar-refractivity contribution < 1.29 is 9.47 Å². The first-order chi connectivity index (χ1) is 16.2. The van der Waals surface area contributed by atoms with Gasteiger partial charge in [-0.15, -0.1) is 0 Å². The Kier molecular flexibility index (Phi) is 5.66. The number of hydrogen-bond donors (Lipinski definition) is 1. The van der Waals surface area contributed by atoms with Crippen LogP contribution in [0.2, 0.25) is 0 Å². The summed E-state index contributed by atoms with van der Waals surface area (Å²) in [7, 11) is 5.40. The normalized spacial score (nSPS) is 12.2. The van der Waals surface area contributed by atoms with Gasteiger partial charge in [0.15, 0.2) is 11.5 Å². The van der Waals surface area contributed by atoms with Crippen LogP contribution in [0.25, 0.3) is 16.9 Å². The van der Waals surface area contributed by atoms with Gasteiger partial charge in [0.1, 0.15) is 5.75 Å². The van der Waals surface area contributed by atoms with Crippen LogP contribution in [0.15, 0.2) is 60.0 Å². The molecule has 4 aromatic rings. The third-order valence-electron chi connectivity index (χ3n) is 5.79. The number of fused-ring (bicyclic) bond motifs is 2. The Bertz CT molecular complexity index is 1330. The molecule has 0 aliphatic carbocycles. The van der Waals surface area contributed by atoms with Crippen LogP contribution < -0.4 is 15.0 Å². The lowest BCUT2D eigenvalue weighted by atomic mass is 10.0. The number of imidazole rings is 1. The molecule has 0 saturated heterocycles. The molecule has 0 amide bonds. The number of nitrogens with one attached hydrogen (secondary N) is 1. The summed E-state index contributed by atoms with van der Waals surface area (Å²) in [6.45, 7) is 2.12. The molecule has 2 aromatic carbocycles. The van der Waals surface area contributed by atoms with E-state index < -0.39 is 0 Å². The van der Waals surface area contributed by atoms with Crippen molar-refractivity contribution in [2.45, 2.75) is 6.54 Å². The van der Waals surface area contributed by atoms with Gasteiger partial charge < -0.3 is 24.1 Å². The average molecular weight is 443 g/mol. The summed E-state index contributed by atoms with van der Waals surface area (Å²) in [5.74, 6) is 1.45. The van der Waals surface area contributed by atoms with Crippen LogP contribution in [0.3, 0.4) is 0 Å². The van der Waals surface area contributed by atoms with Crippen molar-refractivity contribution in [3.8, 4) is 17.0 Å². The van der Waals surface area contributed by atoms with E-state index in [-0.39, 0.29) is 0 Å². The number of aliphatic imine (C=N–C) groups is 1. The fourth-order valence-electron chi connectivity index (χ4n) is 3.98. The molecule has 33 heavy (non-hydrogen) atoms. The van der Waals surface area contributed by atoms with Crippen molar-refractivity contribution in [2.24, 2.45) is 4.99 Å². The first kappa shape index (κ1) is 21.0. The van der Waals surface area contributed by atoms with E-state index in [9.17, 15) is 0 Å². The van der Waals surface area contributed by atoms with Crippen molar-refractivity contribution in [2.75, 3.05) is 44.6 Å². The quantitative estimate of drug-likeness (QED) is 0.442. The van der Waals surface area contributed by atoms with Crippen LogP contribution in [0, 0.1) is 0 Å². The highest BCUT2D eigenvalue weighted by Crippen LogP contribution is 2.33. The first-order valence-corrected chi connectivity index (χ1v) is 10.8. The maximum Gasteiger partial charge on any atom is 0.180 e. The Hall–Kier alpha value is -3.91. The molecule has 8 heteroatoms. The summed E-state index contributed by atoms with van der Waals surface area (Å²) in [6, 6.07) is 12.4. The van der Waals surface area contributed by atoms with Crippen LogP contribution in [0.5, 0.6) is 5.75 Å². The maximum absolute atomic E-state index is 5.66. The third kappa shape index (κ3) is 4.12. The van der Waals surface area contributed by atoms with Crippen molar-refractivity contribution >= 4 is 29.1 Å². The van der Waals surface area contributed by atoms with E-state index in [1.54, 1.807) is 20.4 Å². The zero-order chi connectivity index (χ0) is 22.8. The van der Waals surface area contributed by atoms with Gasteiger partial charge in [0, 0.05) is 62.8 Å². The van der Waals surface area contributed by atoms with Gasteiger partial charge in [-0.3, -0.25) is 4.99 Å². The number of anilines is 3. The zero-order valence-corrected chi connectivity index (χ0v) is 18.9. The molecule has 0 unspecified atom stereocenters. The second-order valence-electron chi connectivity index (χ2n) is 7.94. The van der Waals surface area contributed by atoms with Crippen LogP contribution >= 0.6 is 0 Å². The number of hydrogen-bond acceptors (Lipinski definition) is 7. The highest BCUT2D eigenvalue weighted by atomic mass is 16.5. The Morgan fingerprint density at radius 2 is 2.06 bits per heavy atom. The highest BCUT2D eigenvalue weighted by Gasteiger charge is 2.14. The zero-order valence-electron chi connectivity index (χ0n) is 18.9. The van der Waals surface area contributed by atoms with Crippen molar-refractivity contribution in [3.63, 3.8) is 0 Å². The van der Waals surface area contributed by atoms with Gasteiger partial charge in [-0.1, -0.05) is 12.1 Å². The number of ether oxygens (including phenoxy) is 2. The SMILES string of the molecule is COCCN(C)c1ccc(Nc2nc(-c3ccc4c(c3)CN=C4)cn3ccnc23)cc1OC. The number of aromatic nitrogens is 3. The standard InChI is InChI=1S/C25H26N6O2/c1-30(10-11-32-2)22-7-6-20(13-23(22)33-3)28-24-25-27-8-9-31(25)16-21(29-24)17-4-5-18-14-26-15-19(18)12-17/h4-9,12-14,16H,10-11,15H2,1-3H3,(H,28,29). The number of nitrogens with zero attached hydrogens (tertiary/aromatic N) is 5. The molecule has 0 radical (unpaired) electrons. The van der Waals surface area contributed by atoms with E-state index in [2.05, 4.69) is 38.4 Å². The molecule has 0 spiro atoms. The van der Waals surface area contributed by atoms with E-state index in [0.29, 0.717) is 19.0 Å². The van der Waals surface area contributed by atoms with Gasteiger partial charge in [-0.2, -0.15) is 0 Å². The van der Waals surface area contributed by atoms with Gasteiger partial charge in [0.05, 0.1) is 31.6 Å². The van der Waals surface area contributed by atoms with Crippen molar-refractivity contribution in [1.29, 1.82) is 0 Å². The fourth-order valence-corrected chi connectivity index (χ4v) is 3.98. The predicted molar refractivity (Wildman–Crippen MR) is 131 cm³/mol. The van der Waals surface area contributed by atoms with Gasteiger partial charge in [0.25, 0.3) is 0 Å². The molecule has 0 atom stereocenters. The molecule has 0 fully saturated rings. The lowest BCUT2D eigenvalue weighted by Gasteiger charge is -2.22. The minimum absolute atomic E-state index is 0.642. The van der Waals surface area contributed by atoms with Gasteiger partial charge in [-0.25, -0.2) is 9.97 Å². The molecule has 1 aliphatic rings. The molecule has 8 nitrogen and oxygen atoms in total. The van der Waals surface area contributed by atoms with E-state index in [1.165, 1.54) is 11.1 Å². The summed E-state index contributed by atoms with van der Waals surface area (Å²) in [6.07, 6.45) is 7.62. The first-order valence-electron chi connectivity index (χ1n) is 10.8. The van der Waals surface area contributed by atoms with E-state index >= 15 is 0 Å². The van der Waals surface area contributed by atoms with Crippen molar-refractivity contribution in [3.05, 3.63) is 66.1 Å². The maximum atomic E-state index is 5.66. The van der Waals surface area contributed by atoms with E-state index in [1.807, 2.05) is 48.3 Å². The van der Waals surface area contributed by atoms with E-state index in [0.717, 1.165) is 40.6 Å². The average Bonchev–Trinajstić information content (AvgIpc) is 3.51. The van der Waals surface area contributed by atoms with Crippen LogP contribution in [-0.4, -0.2) is 55.0 Å². The highest BCUT2D eigenvalue weighted by molar-refractivity contribution is 5.86. The molecule has 1 aliphatic heterocycles.